The van der Waals surface area contributed by atoms with Crippen molar-refractivity contribution in [2.75, 3.05) is 5.32 Å². The van der Waals surface area contributed by atoms with Crippen molar-refractivity contribution in [2.45, 2.75) is 6.92 Å². The largest absolute Gasteiger partial charge is 0.338 e. The number of aromatic amines is 1. The zero-order valence-electron chi connectivity index (χ0n) is 15.0. The van der Waals surface area contributed by atoms with Crippen molar-refractivity contribution in [3.8, 4) is 11.4 Å². The minimum Gasteiger partial charge on any atom is -0.338 e. The summed E-state index contributed by atoms with van der Waals surface area (Å²) in [6, 6.07) is 18.9. The maximum Gasteiger partial charge on any atom is 0.269 e. The number of rotatable bonds is 4. The highest BCUT2D eigenvalue weighted by Gasteiger charge is 2.11. The second kappa shape index (κ2) is 6.96. The second-order valence-electron chi connectivity index (χ2n) is 6.44. The molecule has 1 aromatic heterocycles. The number of nitro groups is 1. The van der Waals surface area contributed by atoms with Crippen LogP contribution in [0.5, 0.6) is 0 Å². The van der Waals surface area contributed by atoms with Gasteiger partial charge in [0.15, 0.2) is 0 Å². The summed E-state index contributed by atoms with van der Waals surface area (Å²) in [5.41, 5.74) is 4.65. The monoisotopic (exact) mass is 372 g/mol. The van der Waals surface area contributed by atoms with Crippen LogP contribution in [0.2, 0.25) is 0 Å². The van der Waals surface area contributed by atoms with Gasteiger partial charge in [0.05, 0.1) is 16.0 Å². The van der Waals surface area contributed by atoms with Gasteiger partial charge in [-0.1, -0.05) is 29.8 Å². The Hall–Kier alpha value is -4.00. The van der Waals surface area contributed by atoms with E-state index in [2.05, 4.69) is 15.3 Å². The Morgan fingerprint density at radius 1 is 1.04 bits per heavy atom. The van der Waals surface area contributed by atoms with Crippen LogP contribution in [0.3, 0.4) is 0 Å². The number of H-pyrrole nitrogens is 1. The summed E-state index contributed by atoms with van der Waals surface area (Å²) in [5.74, 6) is 0.418. The molecule has 138 valence electrons. The minimum atomic E-state index is -0.501. The summed E-state index contributed by atoms with van der Waals surface area (Å²) in [6.45, 7) is 2.03. The summed E-state index contributed by atoms with van der Waals surface area (Å²) in [4.78, 5) is 30.4. The lowest BCUT2D eigenvalue weighted by Crippen LogP contribution is -2.11. The third-order valence-electron chi connectivity index (χ3n) is 4.41. The normalized spacial score (nSPS) is 10.8. The number of carbonyl (C=O) groups excluding carboxylic acids is 1. The average Bonchev–Trinajstić information content (AvgIpc) is 3.12. The van der Waals surface area contributed by atoms with E-state index >= 15 is 0 Å². The number of anilines is 1. The molecule has 4 aromatic rings. The number of benzene rings is 3. The summed E-state index contributed by atoms with van der Waals surface area (Å²) in [7, 11) is 0. The number of amides is 1. The first-order valence-electron chi connectivity index (χ1n) is 8.62. The molecule has 0 saturated heterocycles. The fraction of sp³-hybridized carbons (Fsp3) is 0.0476. The lowest BCUT2D eigenvalue weighted by molar-refractivity contribution is -0.384. The van der Waals surface area contributed by atoms with Gasteiger partial charge in [-0.25, -0.2) is 4.98 Å². The number of aromatic nitrogens is 2. The van der Waals surface area contributed by atoms with Gasteiger partial charge in [0.1, 0.15) is 5.82 Å². The molecule has 0 spiro atoms. The summed E-state index contributed by atoms with van der Waals surface area (Å²) in [6.07, 6.45) is 0. The Morgan fingerprint density at radius 2 is 1.75 bits per heavy atom. The molecule has 1 heterocycles. The van der Waals surface area contributed by atoms with Gasteiger partial charge < -0.3 is 10.3 Å². The molecule has 0 unspecified atom stereocenters. The van der Waals surface area contributed by atoms with Gasteiger partial charge in [-0.3, -0.25) is 14.9 Å². The van der Waals surface area contributed by atoms with E-state index in [1.165, 1.54) is 29.8 Å². The number of hydrogen-bond donors (Lipinski definition) is 2. The number of hydrogen-bond acceptors (Lipinski definition) is 4. The molecule has 0 saturated carbocycles. The van der Waals surface area contributed by atoms with Crippen LogP contribution in [0.1, 0.15) is 15.9 Å². The lowest BCUT2D eigenvalue weighted by Gasteiger charge is -2.05. The van der Waals surface area contributed by atoms with E-state index < -0.39 is 4.92 Å². The highest BCUT2D eigenvalue weighted by atomic mass is 16.6. The smallest absolute Gasteiger partial charge is 0.269 e. The molecular formula is C21H16N4O3. The Kier molecular flexibility index (Phi) is 4.33. The van der Waals surface area contributed by atoms with Crippen molar-refractivity contribution < 1.29 is 9.72 Å². The fourth-order valence-corrected chi connectivity index (χ4v) is 2.87. The Labute approximate surface area is 160 Å². The second-order valence-corrected chi connectivity index (χ2v) is 6.44. The number of nitrogens with zero attached hydrogens (tertiary/aromatic N) is 2. The molecule has 7 heteroatoms. The molecule has 0 atom stereocenters. The summed E-state index contributed by atoms with van der Waals surface area (Å²) < 4.78 is 0. The number of aryl methyl sites for hydroxylation is 1. The van der Waals surface area contributed by atoms with E-state index in [4.69, 9.17) is 0 Å². The molecule has 2 N–H and O–H groups in total. The predicted octanol–water partition coefficient (Wildman–Crippen LogP) is 4.70. The standard InChI is InChI=1S/C21H16N4O3/c1-13-2-4-14(5-3-13)20-23-18-11-8-16(12-19(18)24-20)22-21(26)15-6-9-17(10-7-15)25(27)28/h2-12H,1H3,(H,22,26)(H,23,24). The van der Waals surface area contributed by atoms with E-state index in [0.29, 0.717) is 11.3 Å². The van der Waals surface area contributed by atoms with Crippen LogP contribution in [0.4, 0.5) is 11.4 Å². The van der Waals surface area contributed by atoms with Crippen molar-refractivity contribution in [3.05, 3.63) is 88.0 Å². The van der Waals surface area contributed by atoms with Crippen LogP contribution in [0.15, 0.2) is 66.7 Å². The topological polar surface area (TPSA) is 101 Å². The van der Waals surface area contributed by atoms with Gasteiger partial charge in [0, 0.05) is 28.9 Å². The van der Waals surface area contributed by atoms with Gasteiger partial charge in [-0.2, -0.15) is 0 Å². The number of imidazole rings is 1. The molecule has 3 aromatic carbocycles. The molecule has 0 radical (unpaired) electrons. The van der Waals surface area contributed by atoms with Crippen molar-refractivity contribution >= 4 is 28.3 Å². The van der Waals surface area contributed by atoms with Crippen LogP contribution < -0.4 is 5.32 Å². The van der Waals surface area contributed by atoms with Crippen molar-refractivity contribution in [1.29, 1.82) is 0 Å². The van der Waals surface area contributed by atoms with Crippen LogP contribution in [0, 0.1) is 17.0 Å². The van der Waals surface area contributed by atoms with Crippen LogP contribution in [-0.4, -0.2) is 20.8 Å². The highest BCUT2D eigenvalue weighted by Crippen LogP contribution is 2.23. The van der Waals surface area contributed by atoms with E-state index in [-0.39, 0.29) is 11.6 Å². The van der Waals surface area contributed by atoms with Crippen molar-refractivity contribution in [2.24, 2.45) is 0 Å². The molecule has 0 fully saturated rings. The summed E-state index contributed by atoms with van der Waals surface area (Å²) in [5, 5.41) is 13.5. The predicted molar refractivity (Wildman–Crippen MR) is 107 cm³/mol. The maximum atomic E-state index is 12.4. The lowest BCUT2D eigenvalue weighted by atomic mass is 10.1. The number of fused-ring (bicyclic) bond motifs is 1. The first kappa shape index (κ1) is 17.4. The van der Waals surface area contributed by atoms with Gasteiger partial charge in [-0.05, 0) is 37.3 Å². The molecule has 1 amide bonds. The van der Waals surface area contributed by atoms with Crippen LogP contribution >= 0.6 is 0 Å². The molecule has 0 bridgehead atoms. The van der Waals surface area contributed by atoms with Crippen molar-refractivity contribution in [1.82, 2.24) is 9.97 Å². The zero-order chi connectivity index (χ0) is 19.7. The molecule has 0 aliphatic rings. The number of carbonyl (C=O) groups is 1. The first-order chi connectivity index (χ1) is 13.5. The minimum absolute atomic E-state index is 0.0564. The Balaban J connectivity index is 1.56. The first-order valence-corrected chi connectivity index (χ1v) is 8.62. The third kappa shape index (κ3) is 3.45. The summed E-state index contributed by atoms with van der Waals surface area (Å²) >= 11 is 0. The maximum absolute atomic E-state index is 12.4. The third-order valence-corrected chi connectivity index (χ3v) is 4.41. The molecular weight excluding hydrogens is 356 g/mol. The van der Waals surface area contributed by atoms with Gasteiger partial charge in [0.25, 0.3) is 11.6 Å². The molecule has 0 aliphatic heterocycles. The number of non-ortho nitro benzene ring substituents is 1. The Morgan fingerprint density at radius 3 is 2.43 bits per heavy atom. The van der Waals surface area contributed by atoms with Gasteiger partial charge >= 0.3 is 0 Å². The highest BCUT2D eigenvalue weighted by molar-refractivity contribution is 6.05. The van der Waals surface area contributed by atoms with E-state index in [1.54, 1.807) is 6.07 Å². The van der Waals surface area contributed by atoms with Crippen molar-refractivity contribution in [3.63, 3.8) is 0 Å². The molecule has 0 aliphatic carbocycles. The Bertz CT molecular complexity index is 1180. The van der Waals surface area contributed by atoms with E-state index in [1.807, 2.05) is 43.3 Å². The van der Waals surface area contributed by atoms with Crippen LogP contribution in [-0.2, 0) is 0 Å². The van der Waals surface area contributed by atoms with E-state index in [0.717, 1.165) is 22.4 Å². The van der Waals surface area contributed by atoms with Gasteiger partial charge in [0.2, 0.25) is 0 Å². The fourth-order valence-electron chi connectivity index (χ4n) is 2.87. The number of nitrogens with one attached hydrogen (secondary N) is 2. The number of nitro benzene ring substituents is 1. The SMILES string of the molecule is Cc1ccc(-c2nc3ccc(NC(=O)c4ccc([N+](=O)[O-])cc4)cc3[nH]2)cc1. The zero-order valence-corrected chi connectivity index (χ0v) is 15.0. The quantitative estimate of drug-likeness (QED) is 0.400. The van der Waals surface area contributed by atoms with E-state index in [9.17, 15) is 14.9 Å². The molecule has 4 rings (SSSR count). The molecule has 7 nitrogen and oxygen atoms in total. The average molecular weight is 372 g/mol. The van der Waals surface area contributed by atoms with Gasteiger partial charge in [-0.15, -0.1) is 0 Å². The molecule has 28 heavy (non-hydrogen) atoms. The van der Waals surface area contributed by atoms with Crippen LogP contribution in [0.25, 0.3) is 22.4 Å².